The van der Waals surface area contributed by atoms with Gasteiger partial charge < -0.3 is 10.1 Å². The summed E-state index contributed by atoms with van der Waals surface area (Å²) in [7, 11) is -2.36. The van der Waals surface area contributed by atoms with Crippen LogP contribution in [0.25, 0.3) is 0 Å². The molecule has 1 heterocycles. The van der Waals surface area contributed by atoms with Crippen molar-refractivity contribution in [1.82, 2.24) is 4.72 Å². The molecule has 0 bridgehead atoms. The number of nitrogens with one attached hydrogen (secondary N) is 2. The summed E-state index contributed by atoms with van der Waals surface area (Å²) in [6, 6.07) is 8.35. The summed E-state index contributed by atoms with van der Waals surface area (Å²) in [4.78, 5) is 12.2. The van der Waals surface area contributed by atoms with Crippen LogP contribution in [-0.2, 0) is 21.2 Å². The van der Waals surface area contributed by atoms with Gasteiger partial charge in [-0.2, -0.15) is 0 Å². The second-order valence-electron chi connectivity index (χ2n) is 4.90. The van der Waals surface area contributed by atoms with Gasteiger partial charge in [0, 0.05) is 24.0 Å². The zero-order valence-corrected chi connectivity index (χ0v) is 16.3. The van der Waals surface area contributed by atoms with E-state index in [-0.39, 0.29) is 23.1 Å². The van der Waals surface area contributed by atoms with Crippen LogP contribution in [0.1, 0.15) is 11.8 Å². The van der Waals surface area contributed by atoms with Crippen molar-refractivity contribution in [2.45, 2.75) is 18.2 Å². The normalized spacial score (nSPS) is 11.3. The van der Waals surface area contributed by atoms with E-state index in [0.29, 0.717) is 12.1 Å². The molecule has 0 fully saturated rings. The van der Waals surface area contributed by atoms with Crippen molar-refractivity contribution in [2.75, 3.05) is 19.0 Å². The Hall–Kier alpha value is -1.42. The van der Waals surface area contributed by atoms with Gasteiger partial charge >= 0.3 is 0 Å². The van der Waals surface area contributed by atoms with Gasteiger partial charge in [0.25, 0.3) is 0 Å². The fraction of sp³-hybridized carbons (Fsp3) is 0.267. The first-order valence-electron chi connectivity index (χ1n) is 7.01. The second kappa shape index (κ2) is 8.11. The molecule has 0 spiro atoms. The van der Waals surface area contributed by atoms with Crippen molar-refractivity contribution in [1.29, 1.82) is 0 Å². The molecule has 2 N–H and O–H groups in total. The van der Waals surface area contributed by atoms with E-state index in [1.165, 1.54) is 26.2 Å². The number of benzene rings is 1. The molecular formula is C15H17BrN2O4S2. The van der Waals surface area contributed by atoms with Crippen molar-refractivity contribution < 1.29 is 17.9 Å². The summed E-state index contributed by atoms with van der Waals surface area (Å²) >= 11 is 4.94. The number of methoxy groups -OCH3 is 1. The number of sulfonamides is 1. The van der Waals surface area contributed by atoms with Gasteiger partial charge in [-0.1, -0.05) is 0 Å². The zero-order chi connectivity index (χ0) is 17.7. The Bertz CT molecular complexity index is 834. The van der Waals surface area contributed by atoms with Crippen molar-refractivity contribution in [3.05, 3.63) is 39.0 Å². The minimum Gasteiger partial charge on any atom is -0.495 e. The molecule has 0 saturated carbocycles. The van der Waals surface area contributed by atoms with Crippen molar-refractivity contribution >= 4 is 48.9 Å². The van der Waals surface area contributed by atoms with Gasteiger partial charge in [0.2, 0.25) is 15.9 Å². The van der Waals surface area contributed by atoms with Crippen LogP contribution in [0.15, 0.2) is 39.0 Å². The summed E-state index contributed by atoms with van der Waals surface area (Å²) in [5, 5.41) is 2.56. The van der Waals surface area contributed by atoms with Crippen molar-refractivity contribution in [3.63, 3.8) is 0 Å². The molecular weight excluding hydrogens is 416 g/mol. The Balaban J connectivity index is 2.15. The van der Waals surface area contributed by atoms with E-state index in [9.17, 15) is 13.2 Å². The number of amides is 1. The number of anilines is 1. The molecule has 0 radical (unpaired) electrons. The highest BCUT2D eigenvalue weighted by molar-refractivity contribution is 9.11. The molecule has 0 aliphatic heterocycles. The van der Waals surface area contributed by atoms with E-state index < -0.39 is 10.0 Å². The Morgan fingerprint density at radius 3 is 2.62 bits per heavy atom. The Morgan fingerprint density at radius 2 is 2.04 bits per heavy atom. The number of ether oxygens (including phenoxy) is 1. The highest BCUT2D eigenvalue weighted by atomic mass is 79.9. The minimum absolute atomic E-state index is 0.0105. The number of hydrogen-bond donors (Lipinski definition) is 2. The van der Waals surface area contributed by atoms with Crippen molar-refractivity contribution in [3.8, 4) is 5.75 Å². The summed E-state index contributed by atoms with van der Waals surface area (Å²) in [6.45, 7) is 1.62. The Kier molecular flexibility index (Phi) is 6.39. The molecule has 0 saturated heterocycles. The molecule has 6 nitrogen and oxygen atoms in total. The molecule has 130 valence electrons. The maximum Gasteiger partial charge on any atom is 0.244 e. The predicted molar refractivity (Wildman–Crippen MR) is 98.2 cm³/mol. The lowest BCUT2D eigenvalue weighted by molar-refractivity contribution is -0.114. The average Bonchev–Trinajstić information content (AvgIpc) is 2.92. The molecule has 1 amide bonds. The first-order chi connectivity index (χ1) is 11.3. The number of rotatable bonds is 7. The van der Waals surface area contributed by atoms with Gasteiger partial charge in [-0.05, 0) is 52.7 Å². The van der Waals surface area contributed by atoms with Gasteiger partial charge in [-0.25, -0.2) is 13.1 Å². The molecule has 9 heteroatoms. The maximum absolute atomic E-state index is 12.5. The number of carbonyl (C=O) groups is 1. The highest BCUT2D eigenvalue weighted by Gasteiger charge is 2.20. The smallest absolute Gasteiger partial charge is 0.244 e. The SMILES string of the molecule is COc1ccc(NC(C)=O)cc1S(=O)(=O)NCCc1ccc(Br)s1. The monoisotopic (exact) mass is 432 g/mol. The highest BCUT2D eigenvalue weighted by Crippen LogP contribution is 2.27. The predicted octanol–water partition coefficient (Wildman–Crippen LogP) is 3.00. The molecule has 0 aliphatic rings. The van der Waals surface area contributed by atoms with Gasteiger partial charge in [0.1, 0.15) is 10.6 Å². The van der Waals surface area contributed by atoms with Gasteiger partial charge in [0.05, 0.1) is 10.9 Å². The lowest BCUT2D eigenvalue weighted by atomic mass is 10.3. The van der Waals surface area contributed by atoms with E-state index in [4.69, 9.17) is 4.74 Å². The van der Waals surface area contributed by atoms with Gasteiger partial charge in [-0.3, -0.25) is 4.79 Å². The minimum atomic E-state index is -3.76. The van der Waals surface area contributed by atoms with Crippen LogP contribution < -0.4 is 14.8 Å². The maximum atomic E-state index is 12.5. The van der Waals surface area contributed by atoms with Gasteiger partial charge in [0.15, 0.2) is 0 Å². The van der Waals surface area contributed by atoms with Crippen LogP contribution in [0.3, 0.4) is 0 Å². The summed E-state index contributed by atoms with van der Waals surface area (Å²) in [6.07, 6.45) is 0.587. The third-order valence-electron chi connectivity index (χ3n) is 3.07. The number of thiophene rings is 1. The van der Waals surface area contributed by atoms with Crippen LogP contribution in [0.4, 0.5) is 5.69 Å². The second-order valence-corrected chi connectivity index (χ2v) is 9.18. The first kappa shape index (κ1) is 18.9. The topological polar surface area (TPSA) is 84.5 Å². The molecule has 1 aromatic carbocycles. The lowest BCUT2D eigenvalue weighted by Crippen LogP contribution is -2.26. The van der Waals surface area contributed by atoms with E-state index in [1.807, 2.05) is 12.1 Å². The largest absolute Gasteiger partial charge is 0.495 e. The molecule has 0 aliphatic carbocycles. The molecule has 0 atom stereocenters. The molecule has 2 rings (SSSR count). The van der Waals surface area contributed by atoms with E-state index in [0.717, 1.165) is 8.66 Å². The van der Waals surface area contributed by atoms with Crippen molar-refractivity contribution in [2.24, 2.45) is 0 Å². The Labute approximate surface area is 153 Å². The summed E-state index contributed by atoms with van der Waals surface area (Å²) in [5.41, 5.74) is 0.394. The summed E-state index contributed by atoms with van der Waals surface area (Å²) in [5.74, 6) is -0.0600. The fourth-order valence-electron chi connectivity index (χ4n) is 2.04. The van der Waals surface area contributed by atoms with E-state index in [2.05, 4.69) is 26.0 Å². The standard InChI is InChI=1S/C15H17BrN2O4S2/c1-10(19)18-11-3-5-13(22-2)14(9-11)24(20,21)17-8-7-12-4-6-15(16)23-12/h3-6,9,17H,7-8H2,1-2H3,(H,18,19). The van der Waals surface area contributed by atoms with Crippen LogP contribution >= 0.6 is 27.3 Å². The van der Waals surface area contributed by atoms with Crippen LogP contribution in [0.5, 0.6) is 5.75 Å². The molecule has 24 heavy (non-hydrogen) atoms. The third kappa shape index (κ3) is 5.04. The number of carbonyl (C=O) groups excluding carboxylic acids is 1. The lowest BCUT2D eigenvalue weighted by Gasteiger charge is -2.12. The average molecular weight is 433 g/mol. The van der Waals surface area contributed by atoms with Crippen LogP contribution in [0.2, 0.25) is 0 Å². The first-order valence-corrected chi connectivity index (χ1v) is 10.1. The molecule has 0 unspecified atom stereocenters. The zero-order valence-electron chi connectivity index (χ0n) is 13.1. The van der Waals surface area contributed by atoms with Crippen LogP contribution in [0, 0.1) is 0 Å². The number of halogens is 1. The summed E-state index contributed by atoms with van der Waals surface area (Å²) < 4.78 is 33.8. The van der Waals surface area contributed by atoms with Crippen LogP contribution in [-0.4, -0.2) is 28.0 Å². The third-order valence-corrected chi connectivity index (χ3v) is 6.23. The Morgan fingerprint density at radius 1 is 1.29 bits per heavy atom. The fourth-order valence-corrected chi connectivity index (χ4v) is 4.75. The molecule has 1 aromatic heterocycles. The number of hydrogen-bond acceptors (Lipinski definition) is 5. The quantitative estimate of drug-likeness (QED) is 0.703. The van der Waals surface area contributed by atoms with Gasteiger partial charge in [-0.15, -0.1) is 11.3 Å². The van der Waals surface area contributed by atoms with E-state index >= 15 is 0 Å². The van der Waals surface area contributed by atoms with E-state index in [1.54, 1.807) is 17.4 Å². The molecule has 2 aromatic rings.